The third kappa shape index (κ3) is 2.84. The number of fused-ring (bicyclic) bond motifs is 3. The molecule has 0 bridgehead atoms. The first-order valence-electron chi connectivity index (χ1n) is 10.4. The molecule has 0 radical (unpaired) electrons. The zero-order valence-corrected chi connectivity index (χ0v) is 16.6. The van der Waals surface area contributed by atoms with Crippen molar-refractivity contribution in [3.63, 3.8) is 0 Å². The molecule has 1 fully saturated rings. The smallest absolute Gasteiger partial charge is 0.339 e. The molecule has 6 rings (SSSR count). The summed E-state index contributed by atoms with van der Waals surface area (Å²) in [6.07, 6.45) is 6.51. The molecule has 0 atom stereocenters. The average molecular weight is 414 g/mol. The van der Waals surface area contributed by atoms with E-state index in [1.807, 2.05) is 6.07 Å². The molecule has 1 aliphatic carbocycles. The predicted molar refractivity (Wildman–Crippen MR) is 112 cm³/mol. The van der Waals surface area contributed by atoms with Crippen molar-refractivity contribution in [3.05, 3.63) is 77.6 Å². The topological polar surface area (TPSA) is 80.8 Å². The summed E-state index contributed by atoms with van der Waals surface area (Å²) < 4.78 is 20.0. The van der Waals surface area contributed by atoms with Gasteiger partial charge in [0.15, 0.2) is 5.65 Å². The summed E-state index contributed by atoms with van der Waals surface area (Å²) in [7, 11) is 0. The van der Waals surface area contributed by atoms with E-state index in [1.54, 1.807) is 42.7 Å². The summed E-state index contributed by atoms with van der Waals surface area (Å²) in [6, 6.07) is 12.0. The van der Waals surface area contributed by atoms with Gasteiger partial charge in [0.05, 0.1) is 16.8 Å². The van der Waals surface area contributed by atoms with Crippen molar-refractivity contribution in [3.8, 4) is 11.3 Å². The van der Waals surface area contributed by atoms with E-state index in [2.05, 4.69) is 15.0 Å². The number of esters is 1. The number of hydrogen-bond donors (Lipinski definition) is 1. The van der Waals surface area contributed by atoms with Crippen molar-refractivity contribution in [2.24, 2.45) is 0 Å². The molecule has 1 N–H and O–H groups in total. The summed E-state index contributed by atoms with van der Waals surface area (Å²) in [4.78, 5) is 29.1. The Hall–Kier alpha value is -3.61. The fourth-order valence-electron chi connectivity index (χ4n) is 4.88. The van der Waals surface area contributed by atoms with Gasteiger partial charge < -0.3 is 9.72 Å². The van der Waals surface area contributed by atoms with Gasteiger partial charge in [0, 0.05) is 29.4 Å². The molecule has 1 aliphatic heterocycles. The molecule has 31 heavy (non-hydrogen) atoms. The van der Waals surface area contributed by atoms with Gasteiger partial charge in [-0.1, -0.05) is 12.1 Å². The van der Waals surface area contributed by atoms with Gasteiger partial charge in [0.2, 0.25) is 0 Å². The van der Waals surface area contributed by atoms with E-state index in [1.165, 1.54) is 6.07 Å². The maximum absolute atomic E-state index is 14.1. The molecule has 4 heterocycles. The van der Waals surface area contributed by atoms with E-state index in [0.29, 0.717) is 22.5 Å². The molecule has 4 aromatic rings. The van der Waals surface area contributed by atoms with Gasteiger partial charge >= 0.3 is 5.97 Å². The fraction of sp³-hybridized carbons (Fsp3) is 0.250. The summed E-state index contributed by atoms with van der Waals surface area (Å²) in [5.74, 6) is 0.531. The van der Waals surface area contributed by atoms with Gasteiger partial charge in [0.1, 0.15) is 17.2 Å². The first-order valence-corrected chi connectivity index (χ1v) is 10.4. The number of carbonyl (C=O) groups excluding carboxylic acids is 1. The normalized spacial score (nSPS) is 22.6. The average Bonchev–Trinajstić information content (AvgIpc) is 3.34. The highest BCUT2D eigenvalue weighted by Crippen LogP contribution is 2.49. The molecule has 1 saturated carbocycles. The molecule has 7 heteroatoms. The van der Waals surface area contributed by atoms with Crippen molar-refractivity contribution in [2.45, 2.75) is 37.2 Å². The Labute approximate surface area is 177 Å². The van der Waals surface area contributed by atoms with Crippen LogP contribution in [-0.2, 0) is 10.3 Å². The summed E-state index contributed by atoms with van der Waals surface area (Å²) in [5.41, 5.74) is 3.40. The van der Waals surface area contributed by atoms with Crippen molar-refractivity contribution in [1.82, 2.24) is 19.9 Å². The lowest BCUT2D eigenvalue weighted by Crippen LogP contribution is -2.31. The van der Waals surface area contributed by atoms with Crippen molar-refractivity contribution < 1.29 is 13.9 Å². The molecule has 2 aliphatic rings. The lowest BCUT2D eigenvalue weighted by atomic mass is 9.75. The molecule has 0 saturated heterocycles. The van der Waals surface area contributed by atoms with Crippen LogP contribution in [0.4, 0.5) is 4.39 Å². The van der Waals surface area contributed by atoms with Gasteiger partial charge in [-0.2, -0.15) is 0 Å². The molecule has 154 valence electrons. The summed E-state index contributed by atoms with van der Waals surface area (Å²) >= 11 is 0. The number of hydrogen-bond acceptors (Lipinski definition) is 5. The Bertz CT molecular complexity index is 1320. The number of halogens is 1. The van der Waals surface area contributed by atoms with Crippen LogP contribution in [0.2, 0.25) is 0 Å². The maximum Gasteiger partial charge on any atom is 0.339 e. The number of aromatic nitrogens is 4. The minimum Gasteiger partial charge on any atom is -0.450 e. The van der Waals surface area contributed by atoms with Crippen LogP contribution in [0.5, 0.6) is 0 Å². The van der Waals surface area contributed by atoms with Crippen LogP contribution in [0.25, 0.3) is 22.4 Å². The molecule has 0 unspecified atom stereocenters. The summed E-state index contributed by atoms with van der Waals surface area (Å²) in [5, 5.41) is 0. The molecule has 6 nitrogen and oxygen atoms in total. The van der Waals surface area contributed by atoms with E-state index in [4.69, 9.17) is 9.72 Å². The minimum absolute atomic E-state index is 0.219. The quantitative estimate of drug-likeness (QED) is 0.473. The highest BCUT2D eigenvalue weighted by molar-refractivity contribution is 5.94. The van der Waals surface area contributed by atoms with Crippen molar-refractivity contribution in [2.75, 3.05) is 0 Å². The number of pyridine rings is 2. The number of rotatable bonds is 2. The molecular formula is C24H19FN4O2. The van der Waals surface area contributed by atoms with E-state index >= 15 is 0 Å². The van der Waals surface area contributed by atoms with Crippen LogP contribution >= 0.6 is 0 Å². The standard InChI is InChI=1S/C24H19FN4O2/c25-18-4-2-1-3-16(18)19-5-6-20-22(27-19)29-21(28-20)14-7-10-24(11-8-14)17-13-26-12-9-15(17)23(30)31-24/h1-6,9,12-14H,7-8,10-11H2,(H,27,28,29)/t14-,24-. The third-order valence-corrected chi connectivity index (χ3v) is 6.51. The second kappa shape index (κ2) is 6.70. The summed E-state index contributed by atoms with van der Waals surface area (Å²) in [6.45, 7) is 0. The van der Waals surface area contributed by atoms with Gasteiger partial charge in [0.25, 0.3) is 0 Å². The predicted octanol–water partition coefficient (Wildman–Crippen LogP) is 4.88. The van der Waals surface area contributed by atoms with Gasteiger partial charge in [-0.05, 0) is 56.0 Å². The zero-order valence-electron chi connectivity index (χ0n) is 16.6. The van der Waals surface area contributed by atoms with E-state index in [-0.39, 0.29) is 17.7 Å². The van der Waals surface area contributed by atoms with E-state index < -0.39 is 5.60 Å². The lowest BCUT2D eigenvalue weighted by Gasteiger charge is -2.35. The fourth-order valence-corrected chi connectivity index (χ4v) is 4.88. The third-order valence-electron chi connectivity index (χ3n) is 6.51. The molecule has 1 spiro atoms. The number of imidazole rings is 1. The largest absolute Gasteiger partial charge is 0.450 e. The second-order valence-corrected chi connectivity index (χ2v) is 8.25. The Balaban J connectivity index is 1.27. The van der Waals surface area contributed by atoms with Crippen LogP contribution in [0.3, 0.4) is 0 Å². The van der Waals surface area contributed by atoms with Gasteiger partial charge in [-0.15, -0.1) is 0 Å². The molecule has 3 aromatic heterocycles. The van der Waals surface area contributed by atoms with Crippen LogP contribution < -0.4 is 0 Å². The first kappa shape index (κ1) is 18.2. The number of carbonyl (C=O) groups is 1. The highest BCUT2D eigenvalue weighted by atomic mass is 19.1. The van der Waals surface area contributed by atoms with Crippen LogP contribution in [0.1, 0.15) is 53.3 Å². The van der Waals surface area contributed by atoms with Crippen molar-refractivity contribution >= 4 is 17.1 Å². The Morgan fingerprint density at radius 1 is 1.03 bits per heavy atom. The van der Waals surface area contributed by atoms with Crippen LogP contribution in [-0.4, -0.2) is 25.9 Å². The minimum atomic E-state index is -0.570. The zero-order chi connectivity index (χ0) is 21.0. The Kier molecular flexibility index (Phi) is 3.93. The lowest BCUT2D eigenvalue weighted by molar-refractivity contribution is -0.0313. The number of nitrogens with one attached hydrogen (secondary N) is 1. The van der Waals surface area contributed by atoms with Gasteiger partial charge in [-0.25, -0.2) is 19.2 Å². The Morgan fingerprint density at radius 3 is 2.71 bits per heavy atom. The van der Waals surface area contributed by atoms with Crippen LogP contribution in [0.15, 0.2) is 54.9 Å². The number of nitrogens with zero attached hydrogens (tertiary/aromatic N) is 3. The SMILES string of the molecule is O=C1O[C@]2(CC[C@H](c3nc4nc(-c5ccccc5F)ccc4[nH]3)CC2)c2cnccc21. The highest BCUT2D eigenvalue weighted by Gasteiger charge is 2.48. The first-order chi connectivity index (χ1) is 15.1. The molecule has 1 aromatic carbocycles. The number of benzene rings is 1. The second-order valence-electron chi connectivity index (χ2n) is 8.25. The maximum atomic E-state index is 14.1. The Morgan fingerprint density at radius 2 is 1.87 bits per heavy atom. The monoisotopic (exact) mass is 414 g/mol. The van der Waals surface area contributed by atoms with E-state index in [0.717, 1.165) is 42.6 Å². The number of aromatic amines is 1. The van der Waals surface area contributed by atoms with Crippen molar-refractivity contribution in [1.29, 1.82) is 0 Å². The van der Waals surface area contributed by atoms with E-state index in [9.17, 15) is 9.18 Å². The van der Waals surface area contributed by atoms with Gasteiger partial charge in [-0.3, -0.25) is 4.98 Å². The molecular weight excluding hydrogens is 395 g/mol. The van der Waals surface area contributed by atoms with Crippen LogP contribution in [0, 0.1) is 5.82 Å². The number of H-pyrrole nitrogens is 1. The number of ether oxygens (including phenoxy) is 1. The molecule has 0 amide bonds.